The van der Waals surface area contributed by atoms with E-state index in [-0.39, 0.29) is 24.6 Å². The first-order chi connectivity index (χ1) is 13.7. The monoisotopic (exact) mass is 402 g/mol. The summed E-state index contributed by atoms with van der Waals surface area (Å²) < 4.78 is 5.25. The van der Waals surface area contributed by atoms with E-state index in [0.717, 1.165) is 24.3 Å². The molecule has 0 radical (unpaired) electrons. The molecule has 4 nitrogen and oxygen atoms in total. The van der Waals surface area contributed by atoms with Crippen molar-refractivity contribution in [3.63, 3.8) is 0 Å². The maximum Gasteiger partial charge on any atom is 0.331 e. The molecule has 0 bridgehead atoms. The van der Waals surface area contributed by atoms with E-state index in [1.807, 2.05) is 6.08 Å². The minimum absolute atomic E-state index is 0.0246. The van der Waals surface area contributed by atoms with Crippen LogP contribution in [0.1, 0.15) is 79.1 Å². The first-order valence-corrected chi connectivity index (χ1v) is 11.2. The SMILES string of the molecule is CC1=C(CC/C(=C/C[C@H]2OC(=O)C=C2CO)CO)[C@@]2(C)CCCC(C)(C)C2CC1. The molecule has 2 N–H and O–H groups in total. The van der Waals surface area contributed by atoms with Gasteiger partial charge in [-0.15, -0.1) is 0 Å². The average Bonchev–Trinajstić information content (AvgIpc) is 3.02. The third-order valence-corrected chi connectivity index (χ3v) is 7.92. The summed E-state index contributed by atoms with van der Waals surface area (Å²) >= 11 is 0. The molecule has 3 rings (SSSR count). The molecule has 29 heavy (non-hydrogen) atoms. The number of ether oxygens (including phenoxy) is 1. The van der Waals surface area contributed by atoms with Gasteiger partial charge in [0.15, 0.2) is 0 Å². The van der Waals surface area contributed by atoms with Crippen LogP contribution in [0.4, 0.5) is 0 Å². The first-order valence-electron chi connectivity index (χ1n) is 11.2. The molecule has 0 saturated heterocycles. The van der Waals surface area contributed by atoms with Crippen molar-refractivity contribution in [2.75, 3.05) is 13.2 Å². The zero-order valence-corrected chi connectivity index (χ0v) is 18.6. The van der Waals surface area contributed by atoms with Crippen molar-refractivity contribution >= 4 is 5.97 Å². The van der Waals surface area contributed by atoms with E-state index in [1.165, 1.54) is 38.2 Å². The molecule has 1 fully saturated rings. The van der Waals surface area contributed by atoms with E-state index in [4.69, 9.17) is 4.74 Å². The second-order valence-electron chi connectivity index (χ2n) is 10.2. The molecule has 0 aromatic carbocycles. The summed E-state index contributed by atoms with van der Waals surface area (Å²) in [7, 11) is 0. The summed E-state index contributed by atoms with van der Waals surface area (Å²) in [6.07, 6.45) is 11.7. The molecule has 0 spiro atoms. The Kier molecular flexibility index (Phi) is 6.74. The summed E-state index contributed by atoms with van der Waals surface area (Å²) in [5, 5.41) is 19.3. The van der Waals surface area contributed by atoms with Crippen LogP contribution in [-0.4, -0.2) is 35.5 Å². The van der Waals surface area contributed by atoms with E-state index >= 15 is 0 Å². The van der Waals surface area contributed by atoms with Crippen LogP contribution >= 0.6 is 0 Å². The number of aliphatic hydroxyl groups is 2. The lowest BCUT2D eigenvalue weighted by molar-refractivity contribution is -0.138. The van der Waals surface area contributed by atoms with Crippen molar-refractivity contribution in [3.8, 4) is 0 Å². The predicted octanol–water partition coefficient (Wildman–Crippen LogP) is 4.86. The molecule has 3 atom stereocenters. The van der Waals surface area contributed by atoms with Gasteiger partial charge in [-0.1, -0.05) is 44.4 Å². The van der Waals surface area contributed by atoms with Crippen molar-refractivity contribution in [1.82, 2.24) is 0 Å². The van der Waals surface area contributed by atoms with Crippen LogP contribution < -0.4 is 0 Å². The van der Waals surface area contributed by atoms with Gasteiger partial charge in [-0.3, -0.25) is 0 Å². The number of carbonyl (C=O) groups excluding carboxylic acids is 1. The number of esters is 1. The van der Waals surface area contributed by atoms with Gasteiger partial charge in [-0.2, -0.15) is 0 Å². The molecule has 0 aromatic rings. The summed E-state index contributed by atoms with van der Waals surface area (Å²) in [5.74, 6) is 0.346. The number of allylic oxidation sites excluding steroid dienone is 2. The Hall–Kier alpha value is -1.39. The molecule has 1 unspecified atom stereocenters. The highest BCUT2D eigenvalue weighted by Crippen LogP contribution is 2.60. The maximum absolute atomic E-state index is 11.4. The highest BCUT2D eigenvalue weighted by atomic mass is 16.5. The summed E-state index contributed by atoms with van der Waals surface area (Å²) in [5.41, 5.74) is 5.45. The molecule has 0 aromatic heterocycles. The third kappa shape index (κ3) is 4.54. The fourth-order valence-electron chi connectivity index (χ4n) is 6.34. The fourth-order valence-corrected chi connectivity index (χ4v) is 6.34. The van der Waals surface area contributed by atoms with E-state index in [2.05, 4.69) is 27.7 Å². The van der Waals surface area contributed by atoms with Crippen LogP contribution in [0.15, 0.2) is 34.4 Å². The van der Waals surface area contributed by atoms with Crippen molar-refractivity contribution in [2.24, 2.45) is 16.7 Å². The van der Waals surface area contributed by atoms with E-state index in [9.17, 15) is 15.0 Å². The topological polar surface area (TPSA) is 66.8 Å². The van der Waals surface area contributed by atoms with Gasteiger partial charge in [-0.05, 0) is 67.8 Å². The average molecular weight is 403 g/mol. The number of rotatable bonds is 7. The summed E-state index contributed by atoms with van der Waals surface area (Å²) in [6, 6.07) is 0. The second-order valence-corrected chi connectivity index (χ2v) is 10.2. The van der Waals surface area contributed by atoms with Gasteiger partial charge < -0.3 is 14.9 Å². The van der Waals surface area contributed by atoms with Gasteiger partial charge in [0.2, 0.25) is 0 Å². The molecule has 3 aliphatic rings. The fraction of sp³-hybridized carbons (Fsp3) is 0.720. The third-order valence-electron chi connectivity index (χ3n) is 7.92. The Morgan fingerprint density at radius 2 is 2.03 bits per heavy atom. The van der Waals surface area contributed by atoms with E-state index in [0.29, 0.717) is 17.4 Å². The van der Waals surface area contributed by atoms with E-state index < -0.39 is 6.10 Å². The molecule has 1 saturated carbocycles. The van der Waals surface area contributed by atoms with Crippen LogP contribution in [0, 0.1) is 16.7 Å². The van der Waals surface area contributed by atoms with Crippen molar-refractivity contribution in [2.45, 2.75) is 85.2 Å². The Labute approximate surface area is 175 Å². The smallest absolute Gasteiger partial charge is 0.331 e. The normalized spacial score (nSPS) is 32.1. The van der Waals surface area contributed by atoms with Crippen LogP contribution in [0.3, 0.4) is 0 Å². The van der Waals surface area contributed by atoms with Gasteiger partial charge in [-0.25, -0.2) is 4.79 Å². The minimum Gasteiger partial charge on any atom is -0.454 e. The number of fused-ring (bicyclic) bond motifs is 1. The highest BCUT2D eigenvalue weighted by molar-refractivity contribution is 5.85. The van der Waals surface area contributed by atoms with Crippen molar-refractivity contribution < 1.29 is 19.7 Å². The Bertz CT molecular complexity index is 727. The standard InChI is InChI=1S/C25H38O4/c1-17-6-11-22-24(2,3)12-5-13-25(22,4)20(17)9-7-18(15-26)8-10-21-19(16-27)14-23(28)29-21/h8,14,21-22,26-27H,5-7,9-13,15-16H2,1-4H3/b18-8-/t21-,22?,25-/m1/s1. The largest absolute Gasteiger partial charge is 0.454 e. The number of cyclic esters (lactones) is 1. The molecule has 1 heterocycles. The maximum atomic E-state index is 11.4. The van der Waals surface area contributed by atoms with Gasteiger partial charge in [0.1, 0.15) is 6.10 Å². The zero-order valence-electron chi connectivity index (χ0n) is 18.6. The number of aliphatic hydroxyl groups excluding tert-OH is 2. The molecular formula is C25H38O4. The van der Waals surface area contributed by atoms with Crippen molar-refractivity contribution in [3.05, 3.63) is 34.4 Å². The van der Waals surface area contributed by atoms with Crippen LogP contribution in [-0.2, 0) is 9.53 Å². The van der Waals surface area contributed by atoms with Gasteiger partial charge >= 0.3 is 5.97 Å². The predicted molar refractivity (Wildman–Crippen MR) is 115 cm³/mol. The van der Waals surface area contributed by atoms with Crippen LogP contribution in [0.25, 0.3) is 0 Å². The molecule has 2 aliphatic carbocycles. The van der Waals surface area contributed by atoms with Crippen LogP contribution in [0.2, 0.25) is 0 Å². The van der Waals surface area contributed by atoms with Gasteiger partial charge in [0.05, 0.1) is 13.2 Å². The van der Waals surface area contributed by atoms with E-state index in [1.54, 1.807) is 11.1 Å². The number of carbonyl (C=O) groups is 1. The van der Waals surface area contributed by atoms with Gasteiger partial charge in [0, 0.05) is 18.1 Å². The van der Waals surface area contributed by atoms with Crippen molar-refractivity contribution in [1.29, 1.82) is 0 Å². The highest BCUT2D eigenvalue weighted by Gasteiger charge is 2.49. The molecule has 162 valence electrons. The minimum atomic E-state index is -0.397. The summed E-state index contributed by atoms with van der Waals surface area (Å²) in [4.78, 5) is 11.4. The second kappa shape index (κ2) is 8.77. The van der Waals surface area contributed by atoms with Crippen LogP contribution in [0.5, 0.6) is 0 Å². The zero-order chi connectivity index (χ0) is 21.2. The molecule has 1 aliphatic heterocycles. The molecule has 0 amide bonds. The number of hydrogen-bond acceptors (Lipinski definition) is 4. The lowest BCUT2D eigenvalue weighted by atomic mass is 9.50. The number of hydrogen-bond donors (Lipinski definition) is 2. The molecular weight excluding hydrogens is 364 g/mol. The van der Waals surface area contributed by atoms with Gasteiger partial charge in [0.25, 0.3) is 0 Å². The quantitative estimate of drug-likeness (QED) is 0.471. The Morgan fingerprint density at radius 3 is 2.72 bits per heavy atom. The molecule has 4 heteroatoms. The Balaban J connectivity index is 1.69. The Morgan fingerprint density at radius 1 is 1.28 bits per heavy atom. The first kappa shape index (κ1) is 22.3. The summed E-state index contributed by atoms with van der Waals surface area (Å²) in [6.45, 7) is 9.53. The lowest BCUT2D eigenvalue weighted by Crippen LogP contribution is -2.45. The lowest BCUT2D eigenvalue weighted by Gasteiger charge is -2.55.